The van der Waals surface area contributed by atoms with Gasteiger partial charge in [-0.2, -0.15) is 13.2 Å². The van der Waals surface area contributed by atoms with Crippen LogP contribution in [-0.4, -0.2) is 4.98 Å². The Morgan fingerprint density at radius 2 is 1.92 bits per heavy atom. The summed E-state index contributed by atoms with van der Waals surface area (Å²) in [4.78, 5) is 2.96. The first-order valence-electron chi connectivity index (χ1n) is 3.22. The maximum Gasteiger partial charge on any atom is 0.436 e. The van der Waals surface area contributed by atoms with Crippen molar-refractivity contribution in [3.63, 3.8) is 0 Å². The minimum atomic E-state index is -4.74. The van der Waals surface area contributed by atoms with E-state index < -0.39 is 17.7 Å². The van der Waals surface area contributed by atoms with Crippen molar-refractivity contribution in [1.29, 1.82) is 0 Å². The Bertz CT molecular complexity index is 334. The Labute approximate surface area is 79.9 Å². The first-order chi connectivity index (χ1) is 5.84. The third-order valence-corrected chi connectivity index (χ3v) is 2.27. The largest absolute Gasteiger partial charge is 0.436 e. The molecule has 0 saturated heterocycles. The number of nitrogens with zero attached hydrogens (tertiary/aromatic N) is 1. The maximum absolute atomic E-state index is 12.9. The zero-order valence-corrected chi connectivity index (χ0v) is 8.00. The lowest BCUT2D eigenvalue weighted by Gasteiger charge is -2.08. The van der Waals surface area contributed by atoms with Crippen LogP contribution in [0.2, 0.25) is 0 Å². The summed E-state index contributed by atoms with van der Waals surface area (Å²) >= 11 is 2.88. The van der Waals surface area contributed by atoms with E-state index in [0.29, 0.717) is 0 Å². The fourth-order valence-electron chi connectivity index (χ4n) is 0.755. The molecular weight excluding hydrogens is 254 g/mol. The molecule has 0 aliphatic rings. The summed E-state index contributed by atoms with van der Waals surface area (Å²) in [7, 11) is 0. The van der Waals surface area contributed by atoms with E-state index in [9.17, 15) is 17.6 Å². The van der Waals surface area contributed by atoms with Crippen LogP contribution in [0.25, 0.3) is 0 Å². The molecule has 1 aromatic rings. The minimum absolute atomic E-state index is 0.0951. The van der Waals surface area contributed by atoms with E-state index in [1.807, 2.05) is 0 Å². The highest BCUT2D eigenvalue weighted by molar-refractivity contribution is 9.10. The van der Waals surface area contributed by atoms with E-state index >= 15 is 0 Å². The van der Waals surface area contributed by atoms with Crippen LogP contribution in [0, 0.1) is 12.7 Å². The lowest BCUT2D eigenvalue weighted by Crippen LogP contribution is -2.12. The van der Waals surface area contributed by atoms with Gasteiger partial charge in [-0.3, -0.25) is 0 Å². The molecule has 1 heterocycles. The predicted octanol–water partition coefficient (Wildman–Crippen LogP) is 3.31. The van der Waals surface area contributed by atoms with Gasteiger partial charge in [0.15, 0.2) is 11.5 Å². The molecule has 0 amide bonds. The topological polar surface area (TPSA) is 12.9 Å². The lowest BCUT2D eigenvalue weighted by atomic mass is 10.2. The van der Waals surface area contributed by atoms with E-state index in [1.165, 1.54) is 6.92 Å². The molecule has 0 aliphatic carbocycles. The smallest absolute Gasteiger partial charge is 0.248 e. The monoisotopic (exact) mass is 257 g/mol. The third-order valence-electron chi connectivity index (χ3n) is 1.47. The molecule has 0 radical (unpaired) electrons. The molecule has 72 valence electrons. The molecule has 0 aliphatic heterocycles. The molecule has 0 saturated carbocycles. The molecule has 1 rings (SSSR count). The number of pyridine rings is 1. The van der Waals surface area contributed by atoms with Gasteiger partial charge in [-0.05, 0) is 22.9 Å². The van der Waals surface area contributed by atoms with Crippen LogP contribution in [0.4, 0.5) is 17.6 Å². The molecule has 0 spiro atoms. The number of rotatable bonds is 0. The van der Waals surface area contributed by atoms with Gasteiger partial charge in [0.25, 0.3) is 0 Å². The van der Waals surface area contributed by atoms with Crippen LogP contribution in [-0.2, 0) is 6.18 Å². The zero-order valence-electron chi connectivity index (χ0n) is 6.41. The summed E-state index contributed by atoms with van der Waals surface area (Å²) in [5.41, 5.74) is -1.57. The van der Waals surface area contributed by atoms with Gasteiger partial charge >= 0.3 is 6.18 Å². The van der Waals surface area contributed by atoms with Gasteiger partial charge in [0, 0.05) is 16.2 Å². The van der Waals surface area contributed by atoms with Gasteiger partial charge in [-0.25, -0.2) is 9.37 Å². The Morgan fingerprint density at radius 1 is 1.38 bits per heavy atom. The van der Waals surface area contributed by atoms with Crippen LogP contribution in [0.15, 0.2) is 10.7 Å². The first-order valence-corrected chi connectivity index (χ1v) is 4.01. The number of halogens is 5. The second-order valence-electron chi connectivity index (χ2n) is 2.39. The van der Waals surface area contributed by atoms with Crippen molar-refractivity contribution in [3.05, 3.63) is 27.7 Å². The van der Waals surface area contributed by atoms with Crippen LogP contribution in [0.3, 0.4) is 0 Å². The van der Waals surface area contributed by atoms with E-state index in [0.717, 1.165) is 6.20 Å². The second-order valence-corrected chi connectivity index (χ2v) is 3.25. The van der Waals surface area contributed by atoms with Crippen LogP contribution in [0.1, 0.15) is 11.3 Å². The molecule has 0 N–H and O–H groups in total. The summed E-state index contributed by atoms with van der Waals surface area (Å²) in [5.74, 6) is -1.33. The number of hydrogen-bond donors (Lipinski definition) is 0. The van der Waals surface area contributed by atoms with Crippen LogP contribution >= 0.6 is 15.9 Å². The van der Waals surface area contributed by atoms with Crippen molar-refractivity contribution in [3.8, 4) is 0 Å². The summed E-state index contributed by atoms with van der Waals surface area (Å²) in [6.45, 7) is 1.25. The van der Waals surface area contributed by atoms with Crippen molar-refractivity contribution >= 4 is 15.9 Å². The van der Waals surface area contributed by atoms with E-state index in [1.54, 1.807) is 0 Å². The summed E-state index contributed by atoms with van der Waals surface area (Å²) in [6.07, 6.45) is -3.81. The van der Waals surface area contributed by atoms with Gasteiger partial charge in [-0.15, -0.1) is 0 Å². The van der Waals surface area contributed by atoms with Crippen molar-refractivity contribution in [2.45, 2.75) is 13.1 Å². The summed E-state index contributed by atoms with van der Waals surface area (Å²) in [5, 5.41) is 0. The Balaban J connectivity index is 3.35. The molecule has 1 aromatic heterocycles. The molecule has 0 atom stereocenters. The molecule has 6 heteroatoms. The lowest BCUT2D eigenvalue weighted by molar-refractivity contribution is -0.143. The van der Waals surface area contributed by atoms with Gasteiger partial charge in [0.1, 0.15) is 0 Å². The predicted molar refractivity (Wildman–Crippen MR) is 41.6 cm³/mol. The molecule has 0 unspecified atom stereocenters. The minimum Gasteiger partial charge on any atom is -0.248 e. The highest BCUT2D eigenvalue weighted by atomic mass is 79.9. The van der Waals surface area contributed by atoms with Gasteiger partial charge in [-0.1, -0.05) is 0 Å². The molecule has 0 bridgehead atoms. The van der Waals surface area contributed by atoms with E-state index in [-0.39, 0.29) is 10.0 Å². The molecule has 0 fully saturated rings. The zero-order chi connectivity index (χ0) is 10.2. The Morgan fingerprint density at radius 3 is 2.38 bits per heavy atom. The Hall–Kier alpha value is -0.650. The molecular formula is C7H4BrF4N. The summed E-state index contributed by atoms with van der Waals surface area (Å²) < 4.78 is 49.3. The highest BCUT2D eigenvalue weighted by Crippen LogP contribution is 2.32. The van der Waals surface area contributed by atoms with Crippen molar-refractivity contribution < 1.29 is 17.6 Å². The highest BCUT2D eigenvalue weighted by Gasteiger charge is 2.36. The summed E-state index contributed by atoms with van der Waals surface area (Å²) in [6, 6.07) is 0. The van der Waals surface area contributed by atoms with Crippen molar-refractivity contribution in [1.82, 2.24) is 4.98 Å². The standard InChI is InChI=1S/C7H4BrF4N/c1-3-4(8)2-13-6(5(3)9)7(10,11)12/h2H,1H3. The molecule has 13 heavy (non-hydrogen) atoms. The van der Waals surface area contributed by atoms with Crippen molar-refractivity contribution in [2.24, 2.45) is 0 Å². The SMILES string of the molecule is Cc1c(Br)cnc(C(F)(F)F)c1F. The average Bonchev–Trinajstić information content (AvgIpc) is 1.98. The average molecular weight is 258 g/mol. The number of alkyl halides is 3. The fourth-order valence-corrected chi connectivity index (χ4v) is 1.03. The Kier molecular flexibility index (Phi) is 2.61. The molecule has 0 aromatic carbocycles. The van der Waals surface area contributed by atoms with Gasteiger partial charge < -0.3 is 0 Å². The molecule has 1 nitrogen and oxygen atoms in total. The number of aromatic nitrogens is 1. The quantitative estimate of drug-likeness (QED) is 0.650. The van der Waals surface area contributed by atoms with E-state index in [4.69, 9.17) is 0 Å². The maximum atomic E-state index is 12.9. The first kappa shape index (κ1) is 10.4. The van der Waals surface area contributed by atoms with E-state index in [2.05, 4.69) is 20.9 Å². The van der Waals surface area contributed by atoms with Gasteiger partial charge in [0.05, 0.1) is 0 Å². The van der Waals surface area contributed by atoms with Crippen LogP contribution in [0.5, 0.6) is 0 Å². The fraction of sp³-hybridized carbons (Fsp3) is 0.286. The third kappa shape index (κ3) is 1.99. The normalized spacial score (nSPS) is 11.8. The second kappa shape index (κ2) is 3.25. The van der Waals surface area contributed by atoms with Crippen molar-refractivity contribution in [2.75, 3.05) is 0 Å². The van der Waals surface area contributed by atoms with Gasteiger partial charge in [0.2, 0.25) is 0 Å². The number of hydrogen-bond acceptors (Lipinski definition) is 1. The van der Waals surface area contributed by atoms with Crippen LogP contribution < -0.4 is 0 Å².